The molecule has 4 heteroatoms. The number of ether oxygens (including phenoxy) is 2. The Labute approximate surface area is 114 Å². The maximum atomic E-state index is 12.3. The van der Waals surface area contributed by atoms with Gasteiger partial charge in [0.1, 0.15) is 0 Å². The summed E-state index contributed by atoms with van der Waals surface area (Å²) in [5.41, 5.74) is -0.0224. The molecular weight excluding hydrogens is 242 g/mol. The first-order valence-electron chi connectivity index (χ1n) is 7.33. The van der Waals surface area contributed by atoms with Gasteiger partial charge in [-0.15, -0.1) is 0 Å². The number of hydrogen-bond donors (Lipinski definition) is 0. The molecule has 106 valence electrons. The lowest BCUT2D eigenvalue weighted by molar-refractivity contribution is -0.139. The quantitative estimate of drug-likeness (QED) is 0.714. The van der Waals surface area contributed by atoms with Crippen molar-refractivity contribution >= 4 is 5.91 Å². The summed E-state index contributed by atoms with van der Waals surface area (Å²) in [4.78, 5) is 14.4. The predicted octanol–water partition coefficient (Wildman–Crippen LogP) is 1.75. The minimum Gasteiger partial charge on any atom is -0.379 e. The third-order valence-corrected chi connectivity index (χ3v) is 4.85. The van der Waals surface area contributed by atoms with Gasteiger partial charge in [0.15, 0.2) is 0 Å². The Morgan fingerprint density at radius 3 is 2.58 bits per heavy atom. The Hall–Kier alpha value is -0.870. The highest BCUT2D eigenvalue weighted by Crippen LogP contribution is 2.37. The van der Waals surface area contributed by atoms with Crippen molar-refractivity contribution in [2.75, 3.05) is 26.8 Å². The molecule has 0 aromatic carbocycles. The van der Waals surface area contributed by atoms with Crippen LogP contribution < -0.4 is 0 Å². The number of nitrogens with zero attached hydrogens (tertiary/aromatic N) is 1. The van der Waals surface area contributed by atoms with Crippen molar-refractivity contribution in [3.05, 3.63) is 12.2 Å². The summed E-state index contributed by atoms with van der Waals surface area (Å²) >= 11 is 0. The normalized spacial score (nSPS) is 30.4. The summed E-state index contributed by atoms with van der Waals surface area (Å²) < 4.78 is 11.3. The van der Waals surface area contributed by atoms with Gasteiger partial charge in [-0.25, -0.2) is 0 Å². The minimum absolute atomic E-state index is 0.0224. The van der Waals surface area contributed by atoms with Gasteiger partial charge < -0.3 is 14.4 Å². The molecular formula is C15H23NO3. The molecule has 4 nitrogen and oxygen atoms in total. The van der Waals surface area contributed by atoms with E-state index in [-0.39, 0.29) is 17.6 Å². The van der Waals surface area contributed by atoms with E-state index >= 15 is 0 Å². The first-order valence-corrected chi connectivity index (χ1v) is 7.33. The third kappa shape index (κ3) is 2.56. The molecule has 0 unspecified atom stereocenters. The van der Waals surface area contributed by atoms with Gasteiger partial charge in [0, 0.05) is 32.5 Å². The number of allylic oxidation sites excluding steroid dienone is 2. The zero-order valence-corrected chi connectivity index (χ0v) is 11.6. The van der Waals surface area contributed by atoms with Gasteiger partial charge in [0.2, 0.25) is 5.91 Å². The molecule has 2 aliphatic heterocycles. The Morgan fingerprint density at radius 2 is 2.00 bits per heavy atom. The van der Waals surface area contributed by atoms with Crippen LogP contribution in [-0.4, -0.2) is 49.3 Å². The minimum atomic E-state index is -0.0224. The van der Waals surface area contributed by atoms with Crippen LogP contribution in [0.2, 0.25) is 0 Å². The van der Waals surface area contributed by atoms with E-state index in [0.29, 0.717) is 12.5 Å². The van der Waals surface area contributed by atoms with Crippen LogP contribution in [0.25, 0.3) is 0 Å². The van der Waals surface area contributed by atoms with Crippen molar-refractivity contribution in [2.45, 2.75) is 43.8 Å². The maximum absolute atomic E-state index is 12.3. The first kappa shape index (κ1) is 13.1. The Morgan fingerprint density at radius 1 is 1.32 bits per heavy atom. The fourth-order valence-corrected chi connectivity index (χ4v) is 3.51. The number of piperidine rings is 1. The molecule has 2 heterocycles. The van der Waals surface area contributed by atoms with E-state index in [1.807, 2.05) is 4.90 Å². The summed E-state index contributed by atoms with van der Waals surface area (Å²) in [7, 11) is 1.75. The highest BCUT2D eigenvalue weighted by molar-refractivity contribution is 5.79. The molecule has 1 spiro atoms. The molecule has 0 bridgehead atoms. The largest absolute Gasteiger partial charge is 0.379 e. The van der Waals surface area contributed by atoms with E-state index < -0.39 is 0 Å². The average molecular weight is 265 g/mol. The van der Waals surface area contributed by atoms with E-state index in [1.165, 1.54) is 0 Å². The van der Waals surface area contributed by atoms with E-state index in [9.17, 15) is 4.79 Å². The van der Waals surface area contributed by atoms with Crippen LogP contribution in [-0.2, 0) is 14.3 Å². The molecule has 2 fully saturated rings. The van der Waals surface area contributed by atoms with Crippen molar-refractivity contribution in [3.63, 3.8) is 0 Å². The average Bonchev–Trinajstić information content (AvgIpc) is 3.09. The van der Waals surface area contributed by atoms with Crippen LogP contribution >= 0.6 is 0 Å². The summed E-state index contributed by atoms with van der Waals surface area (Å²) in [5.74, 6) is 0.534. The van der Waals surface area contributed by atoms with E-state index in [1.54, 1.807) is 7.11 Å². The molecule has 0 aromatic rings. The highest BCUT2D eigenvalue weighted by atomic mass is 16.6. The van der Waals surface area contributed by atoms with Crippen molar-refractivity contribution in [2.24, 2.45) is 5.92 Å². The number of methoxy groups -OCH3 is 1. The summed E-state index contributed by atoms with van der Waals surface area (Å²) in [6.07, 6.45) is 9.22. The molecule has 0 aromatic heterocycles. The molecule has 1 atom stereocenters. The number of hydrogen-bond acceptors (Lipinski definition) is 3. The number of carbonyl (C=O) groups excluding carboxylic acids is 1. The van der Waals surface area contributed by atoms with Crippen molar-refractivity contribution < 1.29 is 14.3 Å². The SMILES string of the molecule is CO[C@H]1COC2(CCN(C(=O)C3CC=CC3)CC2)C1. The summed E-state index contributed by atoms with van der Waals surface area (Å²) in [6, 6.07) is 0. The molecule has 2 saturated heterocycles. The monoisotopic (exact) mass is 265 g/mol. The number of likely N-dealkylation sites (tertiary alicyclic amines) is 1. The van der Waals surface area contributed by atoms with E-state index in [4.69, 9.17) is 9.47 Å². The molecule has 0 N–H and O–H groups in total. The second-order valence-corrected chi connectivity index (χ2v) is 6.02. The fraction of sp³-hybridized carbons (Fsp3) is 0.800. The standard InChI is InChI=1S/C15H23NO3/c1-18-13-10-15(19-11-13)6-8-16(9-7-15)14(17)12-4-2-3-5-12/h2-3,12-13H,4-11H2,1H3/t13-/m1/s1. The smallest absolute Gasteiger partial charge is 0.226 e. The molecule has 0 saturated carbocycles. The molecule has 1 amide bonds. The first-order chi connectivity index (χ1) is 9.22. The Balaban J connectivity index is 1.53. The van der Waals surface area contributed by atoms with Gasteiger partial charge in [-0.2, -0.15) is 0 Å². The van der Waals surface area contributed by atoms with E-state index in [0.717, 1.165) is 45.2 Å². The topological polar surface area (TPSA) is 38.8 Å². The number of amides is 1. The van der Waals surface area contributed by atoms with Gasteiger partial charge in [0.05, 0.1) is 18.3 Å². The molecule has 1 aliphatic carbocycles. The van der Waals surface area contributed by atoms with Gasteiger partial charge in [-0.05, 0) is 25.7 Å². The van der Waals surface area contributed by atoms with Gasteiger partial charge in [-0.1, -0.05) is 12.2 Å². The van der Waals surface area contributed by atoms with Gasteiger partial charge in [0.25, 0.3) is 0 Å². The van der Waals surface area contributed by atoms with Crippen LogP contribution in [0.5, 0.6) is 0 Å². The van der Waals surface area contributed by atoms with Crippen LogP contribution in [0.4, 0.5) is 0 Å². The van der Waals surface area contributed by atoms with Crippen molar-refractivity contribution in [3.8, 4) is 0 Å². The zero-order valence-electron chi connectivity index (χ0n) is 11.6. The fourth-order valence-electron chi connectivity index (χ4n) is 3.51. The summed E-state index contributed by atoms with van der Waals surface area (Å²) in [5, 5.41) is 0. The van der Waals surface area contributed by atoms with Crippen LogP contribution in [0.3, 0.4) is 0 Å². The maximum Gasteiger partial charge on any atom is 0.226 e. The third-order valence-electron chi connectivity index (χ3n) is 4.85. The van der Waals surface area contributed by atoms with Crippen molar-refractivity contribution in [1.82, 2.24) is 4.90 Å². The molecule has 0 radical (unpaired) electrons. The molecule has 19 heavy (non-hydrogen) atoms. The van der Waals surface area contributed by atoms with Crippen LogP contribution in [0, 0.1) is 5.92 Å². The van der Waals surface area contributed by atoms with Gasteiger partial charge in [-0.3, -0.25) is 4.79 Å². The van der Waals surface area contributed by atoms with Crippen molar-refractivity contribution in [1.29, 1.82) is 0 Å². The Kier molecular flexibility index (Phi) is 3.63. The lowest BCUT2D eigenvalue weighted by atomic mass is 9.87. The number of carbonyl (C=O) groups is 1. The summed E-state index contributed by atoms with van der Waals surface area (Å²) in [6.45, 7) is 2.38. The molecule has 3 rings (SSSR count). The number of rotatable bonds is 2. The predicted molar refractivity (Wildman–Crippen MR) is 71.8 cm³/mol. The lowest BCUT2D eigenvalue weighted by Gasteiger charge is -2.39. The Bertz CT molecular complexity index is 364. The highest BCUT2D eigenvalue weighted by Gasteiger charge is 2.44. The lowest BCUT2D eigenvalue weighted by Crippen LogP contribution is -2.48. The van der Waals surface area contributed by atoms with Crippen LogP contribution in [0.1, 0.15) is 32.1 Å². The molecule has 3 aliphatic rings. The second-order valence-electron chi connectivity index (χ2n) is 6.02. The van der Waals surface area contributed by atoms with Gasteiger partial charge >= 0.3 is 0 Å². The van der Waals surface area contributed by atoms with E-state index in [2.05, 4.69) is 12.2 Å². The zero-order chi connectivity index (χ0) is 13.3. The van der Waals surface area contributed by atoms with Crippen LogP contribution in [0.15, 0.2) is 12.2 Å². The second kappa shape index (κ2) is 5.25.